The zero-order valence-corrected chi connectivity index (χ0v) is 23.9. The lowest BCUT2D eigenvalue weighted by Gasteiger charge is -2.15. The number of aldehydes is 1. The highest BCUT2D eigenvalue weighted by molar-refractivity contribution is 6.54. The van der Waals surface area contributed by atoms with Crippen LogP contribution >= 0.6 is 92.8 Å². The average Bonchev–Trinajstić information content (AvgIpc) is 3.30. The van der Waals surface area contributed by atoms with Crippen LogP contribution in [0.2, 0.25) is 30.1 Å². The number of nitrogens with one attached hydrogen (secondary N) is 2. The summed E-state index contributed by atoms with van der Waals surface area (Å²) in [6, 6.07) is 12.6. The molecule has 1 aliphatic carbocycles. The van der Waals surface area contributed by atoms with Gasteiger partial charge in [0.2, 0.25) is 0 Å². The SMILES string of the molecule is O=CC1(CNc2ccc(Cl)c(C(=O)Nc3cc(Cl)c(Cl)c(Cl)c3)c2)C(c2cc(Cl)cc(Cl)c2)C1(Cl)Cl. The Morgan fingerprint density at radius 1 is 0.833 bits per heavy atom. The summed E-state index contributed by atoms with van der Waals surface area (Å²) in [4.78, 5) is 25.1. The quantitative estimate of drug-likeness (QED) is 0.153. The van der Waals surface area contributed by atoms with Crippen LogP contribution in [0.3, 0.4) is 0 Å². The third-order valence-electron chi connectivity index (χ3n) is 5.88. The van der Waals surface area contributed by atoms with Gasteiger partial charge in [0.05, 0.1) is 31.1 Å². The van der Waals surface area contributed by atoms with E-state index in [1.54, 1.807) is 30.3 Å². The lowest BCUT2D eigenvalue weighted by Crippen LogP contribution is -2.23. The van der Waals surface area contributed by atoms with Crippen LogP contribution in [0.1, 0.15) is 21.8 Å². The van der Waals surface area contributed by atoms with Gasteiger partial charge in [-0.05, 0) is 54.1 Å². The summed E-state index contributed by atoms with van der Waals surface area (Å²) in [7, 11) is 0. The minimum absolute atomic E-state index is 0.0728. The number of halogens is 8. The lowest BCUT2D eigenvalue weighted by molar-refractivity contribution is -0.112. The van der Waals surface area contributed by atoms with Crippen molar-refractivity contribution < 1.29 is 9.59 Å². The molecule has 0 spiro atoms. The van der Waals surface area contributed by atoms with E-state index in [1.165, 1.54) is 18.2 Å². The van der Waals surface area contributed by atoms with Crippen LogP contribution in [-0.2, 0) is 4.79 Å². The number of amides is 1. The molecule has 3 aromatic rings. The van der Waals surface area contributed by atoms with Crippen LogP contribution in [0, 0.1) is 5.41 Å². The summed E-state index contributed by atoms with van der Waals surface area (Å²) in [6.07, 6.45) is 0.719. The maximum atomic E-state index is 12.9. The Balaban J connectivity index is 1.54. The van der Waals surface area contributed by atoms with Crippen molar-refractivity contribution in [2.45, 2.75) is 10.3 Å². The summed E-state index contributed by atoms with van der Waals surface area (Å²) < 4.78 is -1.39. The van der Waals surface area contributed by atoms with E-state index in [2.05, 4.69) is 10.6 Å². The van der Waals surface area contributed by atoms with Crippen LogP contribution < -0.4 is 10.6 Å². The molecule has 2 unspecified atom stereocenters. The number of anilines is 2. The molecule has 1 fully saturated rings. The standard InChI is InChI=1S/C24H14Cl8N2O2/c25-12-3-11(4-13(26)5-12)21-23(10-35,24(21,31)32)9-33-14-1-2-17(27)16(6-14)22(36)34-15-7-18(28)20(30)19(29)8-15/h1-8,10,21,33H,9H2,(H,34,36). The Bertz CT molecular complexity index is 1340. The van der Waals surface area contributed by atoms with Crippen molar-refractivity contribution in [2.24, 2.45) is 5.41 Å². The lowest BCUT2D eigenvalue weighted by atomic mass is 10.00. The molecule has 0 aromatic heterocycles. The monoisotopic (exact) mass is 642 g/mol. The summed E-state index contributed by atoms with van der Waals surface area (Å²) in [5, 5.41) is 7.37. The molecule has 1 saturated carbocycles. The van der Waals surface area contributed by atoms with Gasteiger partial charge < -0.3 is 15.4 Å². The zero-order valence-electron chi connectivity index (χ0n) is 17.8. The molecular formula is C24H14Cl8N2O2. The van der Waals surface area contributed by atoms with Crippen LogP contribution in [0.15, 0.2) is 48.5 Å². The molecule has 1 aliphatic rings. The van der Waals surface area contributed by atoms with Crippen LogP contribution in [0.4, 0.5) is 11.4 Å². The van der Waals surface area contributed by atoms with E-state index in [1.807, 2.05) is 0 Å². The summed E-state index contributed by atoms with van der Waals surface area (Å²) in [5.41, 5.74) is 0.493. The van der Waals surface area contributed by atoms with Gasteiger partial charge in [0.25, 0.3) is 5.91 Å². The highest BCUT2D eigenvalue weighted by atomic mass is 35.5. The first kappa shape index (κ1) is 27.9. The van der Waals surface area contributed by atoms with Crippen molar-refractivity contribution in [3.63, 3.8) is 0 Å². The largest absolute Gasteiger partial charge is 0.384 e. The number of hydrogen-bond acceptors (Lipinski definition) is 3. The van der Waals surface area contributed by atoms with Crippen molar-refractivity contribution in [1.29, 1.82) is 0 Å². The van der Waals surface area contributed by atoms with Gasteiger partial charge in [-0.3, -0.25) is 4.79 Å². The van der Waals surface area contributed by atoms with Crippen molar-refractivity contribution in [3.05, 3.63) is 89.8 Å². The number of hydrogen-bond donors (Lipinski definition) is 2. The molecular weight excluding hydrogens is 632 g/mol. The number of alkyl halides is 2. The summed E-state index contributed by atoms with van der Waals surface area (Å²) in [5.74, 6) is -1.06. The first-order chi connectivity index (χ1) is 16.9. The Morgan fingerprint density at radius 2 is 1.44 bits per heavy atom. The smallest absolute Gasteiger partial charge is 0.257 e. The minimum Gasteiger partial charge on any atom is -0.384 e. The first-order valence-electron chi connectivity index (χ1n) is 10.2. The van der Waals surface area contributed by atoms with E-state index >= 15 is 0 Å². The second kappa shape index (κ2) is 10.6. The van der Waals surface area contributed by atoms with Gasteiger partial charge in [0.15, 0.2) is 0 Å². The van der Waals surface area contributed by atoms with Crippen LogP contribution in [0.25, 0.3) is 0 Å². The number of carbonyl (C=O) groups excluding carboxylic acids is 2. The first-order valence-corrected chi connectivity index (χ1v) is 13.2. The van der Waals surface area contributed by atoms with E-state index in [4.69, 9.17) is 92.8 Å². The van der Waals surface area contributed by atoms with Gasteiger partial charge in [-0.15, -0.1) is 0 Å². The third-order valence-corrected chi connectivity index (χ3v) is 8.98. The molecule has 0 saturated heterocycles. The van der Waals surface area contributed by atoms with Gasteiger partial charge in [-0.25, -0.2) is 0 Å². The van der Waals surface area contributed by atoms with Gasteiger partial charge >= 0.3 is 0 Å². The molecule has 3 aromatic carbocycles. The maximum absolute atomic E-state index is 12.9. The van der Waals surface area contributed by atoms with Gasteiger partial charge in [-0.1, -0.05) is 92.8 Å². The fourth-order valence-electron chi connectivity index (χ4n) is 4.02. The minimum atomic E-state index is -1.39. The molecule has 0 bridgehead atoms. The summed E-state index contributed by atoms with van der Waals surface area (Å²) >= 11 is 49.7. The van der Waals surface area contributed by atoms with Gasteiger partial charge in [0.1, 0.15) is 10.6 Å². The second-order valence-corrected chi connectivity index (χ2v) is 12.0. The van der Waals surface area contributed by atoms with Crippen molar-refractivity contribution in [1.82, 2.24) is 0 Å². The van der Waals surface area contributed by atoms with Crippen molar-refractivity contribution in [2.75, 3.05) is 17.2 Å². The fraction of sp³-hybridized carbons (Fsp3) is 0.167. The Hall–Kier alpha value is -1.08. The highest BCUT2D eigenvalue weighted by Crippen LogP contribution is 2.73. The molecule has 4 rings (SSSR count). The zero-order chi connectivity index (χ0) is 26.4. The summed E-state index contributed by atoms with van der Waals surface area (Å²) in [6.45, 7) is 0.0728. The van der Waals surface area contributed by atoms with E-state index < -0.39 is 21.6 Å². The van der Waals surface area contributed by atoms with E-state index in [0.717, 1.165) is 6.29 Å². The topological polar surface area (TPSA) is 58.2 Å². The van der Waals surface area contributed by atoms with E-state index in [0.29, 0.717) is 27.0 Å². The van der Waals surface area contributed by atoms with Crippen LogP contribution in [-0.4, -0.2) is 23.1 Å². The van der Waals surface area contributed by atoms with E-state index in [-0.39, 0.29) is 32.2 Å². The van der Waals surface area contributed by atoms with Crippen molar-refractivity contribution in [3.8, 4) is 0 Å². The van der Waals surface area contributed by atoms with E-state index in [9.17, 15) is 9.59 Å². The Kier molecular flexibility index (Phi) is 8.22. The van der Waals surface area contributed by atoms with Gasteiger partial charge in [-0.2, -0.15) is 0 Å². The van der Waals surface area contributed by atoms with Crippen LogP contribution in [0.5, 0.6) is 0 Å². The molecule has 188 valence electrons. The fourth-order valence-corrected chi connectivity index (χ4v) is 6.33. The third kappa shape index (κ3) is 5.25. The molecule has 1 amide bonds. The number of rotatable bonds is 7. The molecule has 2 atom stereocenters. The highest BCUT2D eigenvalue weighted by Gasteiger charge is 2.76. The Morgan fingerprint density at radius 3 is 2.03 bits per heavy atom. The van der Waals surface area contributed by atoms with Crippen molar-refractivity contribution >= 4 is 116 Å². The normalized spacial score (nSPS) is 20.1. The Labute approximate surface area is 247 Å². The molecule has 4 nitrogen and oxygen atoms in total. The predicted octanol–water partition coefficient (Wildman–Crippen LogP) is 9.43. The van der Waals surface area contributed by atoms with Gasteiger partial charge in [0, 0.05) is 33.9 Å². The average molecular weight is 646 g/mol. The molecule has 0 aliphatic heterocycles. The molecule has 2 N–H and O–H groups in total. The maximum Gasteiger partial charge on any atom is 0.257 e. The molecule has 12 heteroatoms. The number of carbonyl (C=O) groups is 2. The second-order valence-electron chi connectivity index (χ2n) is 8.17. The predicted molar refractivity (Wildman–Crippen MR) is 152 cm³/mol. The number of benzene rings is 3. The molecule has 0 heterocycles. The molecule has 0 radical (unpaired) electrons. The molecule has 36 heavy (non-hydrogen) atoms.